The molecule has 2 rings (SSSR count). The minimum Gasteiger partial charge on any atom is -0.323 e. The van der Waals surface area contributed by atoms with E-state index in [-0.39, 0.29) is 11.9 Å². The predicted molar refractivity (Wildman–Crippen MR) is 66.0 cm³/mol. The number of likely N-dealkylation sites (tertiary alicyclic amines) is 1. The van der Waals surface area contributed by atoms with E-state index in [9.17, 15) is 4.39 Å². The topological polar surface area (TPSA) is 42.1 Å². The number of piperidine rings is 1. The van der Waals surface area contributed by atoms with Crippen LogP contribution >= 0.6 is 0 Å². The summed E-state index contributed by atoms with van der Waals surface area (Å²) in [5.74, 6) is 0.315. The van der Waals surface area contributed by atoms with Gasteiger partial charge >= 0.3 is 0 Å². The first-order chi connectivity index (χ1) is 8.16. The first-order valence-corrected chi connectivity index (χ1v) is 6.21. The van der Waals surface area contributed by atoms with Crippen molar-refractivity contribution in [3.8, 4) is 0 Å². The Morgan fingerprint density at radius 3 is 2.88 bits per heavy atom. The number of hydrogen-bond acceptors (Lipinski definition) is 3. The summed E-state index contributed by atoms with van der Waals surface area (Å²) in [6, 6.07) is 2.75. The van der Waals surface area contributed by atoms with Crippen molar-refractivity contribution in [3.05, 3.63) is 29.8 Å². The Morgan fingerprint density at radius 2 is 2.24 bits per heavy atom. The highest BCUT2D eigenvalue weighted by molar-refractivity contribution is 5.11. The number of halogens is 1. The Hall–Kier alpha value is -1.00. The van der Waals surface area contributed by atoms with Gasteiger partial charge in [-0.05, 0) is 57.5 Å². The van der Waals surface area contributed by atoms with Crippen molar-refractivity contribution in [1.29, 1.82) is 0 Å². The van der Waals surface area contributed by atoms with Crippen LogP contribution in [0.15, 0.2) is 18.3 Å². The molecule has 0 radical (unpaired) electrons. The average Bonchev–Trinajstić information content (AvgIpc) is 2.32. The van der Waals surface area contributed by atoms with Crippen LogP contribution in [0.2, 0.25) is 0 Å². The summed E-state index contributed by atoms with van der Waals surface area (Å²) in [6.07, 6.45) is 4.74. The van der Waals surface area contributed by atoms with E-state index in [1.807, 2.05) is 0 Å². The second kappa shape index (κ2) is 5.56. The molecule has 2 N–H and O–H groups in total. The molecule has 0 amide bonds. The number of nitrogens with two attached hydrogens (primary N) is 1. The van der Waals surface area contributed by atoms with Crippen LogP contribution in [0, 0.1) is 11.7 Å². The van der Waals surface area contributed by atoms with Crippen molar-refractivity contribution in [2.24, 2.45) is 11.7 Å². The molecule has 1 aliphatic rings. The predicted octanol–water partition coefficient (Wildman–Crippen LogP) is 1.95. The third-order valence-electron chi connectivity index (χ3n) is 3.56. The van der Waals surface area contributed by atoms with Crippen LogP contribution in [0.1, 0.15) is 31.0 Å². The highest BCUT2D eigenvalue weighted by Gasteiger charge is 2.21. The van der Waals surface area contributed by atoms with Gasteiger partial charge in [-0.3, -0.25) is 4.98 Å². The molecule has 1 saturated heterocycles. The standard InChI is InChI=1S/C13H20FN3/c1-17-7-4-10(5-8-17)9-12(15)13-11(14)3-2-6-16-13/h2-3,6,10,12H,4-5,7-9,15H2,1H3. The maximum Gasteiger partial charge on any atom is 0.146 e. The maximum atomic E-state index is 13.5. The first-order valence-electron chi connectivity index (χ1n) is 6.21. The number of aromatic nitrogens is 1. The molecule has 1 aliphatic heterocycles. The second-order valence-electron chi connectivity index (χ2n) is 4.96. The van der Waals surface area contributed by atoms with E-state index in [1.54, 1.807) is 12.3 Å². The molecule has 0 aliphatic carbocycles. The van der Waals surface area contributed by atoms with Crippen molar-refractivity contribution in [2.75, 3.05) is 20.1 Å². The smallest absolute Gasteiger partial charge is 0.146 e. The van der Waals surface area contributed by atoms with Gasteiger partial charge in [-0.15, -0.1) is 0 Å². The van der Waals surface area contributed by atoms with Gasteiger partial charge in [0.1, 0.15) is 5.82 Å². The van der Waals surface area contributed by atoms with Crippen LogP contribution in [0.4, 0.5) is 4.39 Å². The fraction of sp³-hybridized carbons (Fsp3) is 0.615. The number of hydrogen-bond donors (Lipinski definition) is 1. The van der Waals surface area contributed by atoms with Crippen LogP contribution in [-0.2, 0) is 0 Å². The Labute approximate surface area is 102 Å². The second-order valence-corrected chi connectivity index (χ2v) is 4.96. The number of nitrogens with zero attached hydrogens (tertiary/aromatic N) is 2. The lowest BCUT2D eigenvalue weighted by molar-refractivity contribution is 0.205. The van der Waals surface area contributed by atoms with E-state index in [4.69, 9.17) is 5.73 Å². The highest BCUT2D eigenvalue weighted by Crippen LogP contribution is 2.26. The highest BCUT2D eigenvalue weighted by atomic mass is 19.1. The van der Waals surface area contributed by atoms with Gasteiger partial charge in [0.2, 0.25) is 0 Å². The molecular weight excluding hydrogens is 217 g/mol. The largest absolute Gasteiger partial charge is 0.323 e. The fourth-order valence-electron chi connectivity index (χ4n) is 2.44. The van der Waals surface area contributed by atoms with Gasteiger partial charge in [-0.1, -0.05) is 0 Å². The average molecular weight is 237 g/mol. The normalized spacial score (nSPS) is 20.4. The van der Waals surface area contributed by atoms with E-state index in [2.05, 4.69) is 16.9 Å². The van der Waals surface area contributed by atoms with Crippen LogP contribution < -0.4 is 5.73 Å². The minimum atomic E-state index is -0.284. The van der Waals surface area contributed by atoms with Gasteiger partial charge in [0.05, 0.1) is 11.7 Å². The lowest BCUT2D eigenvalue weighted by Crippen LogP contribution is -2.31. The Balaban J connectivity index is 1.93. The van der Waals surface area contributed by atoms with Crippen molar-refractivity contribution in [2.45, 2.75) is 25.3 Å². The summed E-state index contributed by atoms with van der Waals surface area (Å²) in [6.45, 7) is 2.23. The summed E-state index contributed by atoms with van der Waals surface area (Å²) in [7, 11) is 2.13. The molecule has 1 fully saturated rings. The molecule has 1 aromatic heterocycles. The lowest BCUT2D eigenvalue weighted by atomic mass is 9.89. The number of pyridine rings is 1. The Morgan fingerprint density at radius 1 is 1.53 bits per heavy atom. The fourth-order valence-corrected chi connectivity index (χ4v) is 2.44. The zero-order chi connectivity index (χ0) is 12.3. The Bertz CT molecular complexity index is 361. The van der Waals surface area contributed by atoms with Gasteiger partial charge in [0, 0.05) is 6.20 Å². The molecule has 4 heteroatoms. The summed E-state index contributed by atoms with van der Waals surface area (Å²) in [5, 5.41) is 0. The zero-order valence-corrected chi connectivity index (χ0v) is 10.3. The van der Waals surface area contributed by atoms with E-state index < -0.39 is 0 Å². The molecule has 0 saturated carbocycles. The molecule has 17 heavy (non-hydrogen) atoms. The molecule has 0 spiro atoms. The van der Waals surface area contributed by atoms with Crippen LogP contribution in [0.3, 0.4) is 0 Å². The van der Waals surface area contributed by atoms with Crippen LogP contribution in [-0.4, -0.2) is 30.0 Å². The summed E-state index contributed by atoms with van der Waals surface area (Å²) < 4.78 is 13.5. The van der Waals surface area contributed by atoms with Gasteiger partial charge in [0.15, 0.2) is 0 Å². The van der Waals surface area contributed by atoms with Crippen LogP contribution in [0.5, 0.6) is 0 Å². The molecule has 1 atom stereocenters. The van der Waals surface area contributed by atoms with E-state index in [0.717, 1.165) is 32.4 Å². The third kappa shape index (κ3) is 3.23. The third-order valence-corrected chi connectivity index (χ3v) is 3.56. The molecule has 1 aromatic rings. The maximum absolute atomic E-state index is 13.5. The van der Waals surface area contributed by atoms with Crippen molar-refractivity contribution < 1.29 is 4.39 Å². The lowest BCUT2D eigenvalue weighted by Gasteiger charge is -2.30. The number of rotatable bonds is 3. The quantitative estimate of drug-likeness (QED) is 0.873. The Kier molecular flexibility index (Phi) is 4.07. The molecule has 94 valence electrons. The molecule has 0 bridgehead atoms. The van der Waals surface area contributed by atoms with Gasteiger partial charge in [-0.25, -0.2) is 4.39 Å². The van der Waals surface area contributed by atoms with Crippen molar-refractivity contribution >= 4 is 0 Å². The van der Waals surface area contributed by atoms with Crippen molar-refractivity contribution in [1.82, 2.24) is 9.88 Å². The van der Waals surface area contributed by atoms with E-state index in [1.165, 1.54) is 6.07 Å². The van der Waals surface area contributed by atoms with Crippen molar-refractivity contribution in [3.63, 3.8) is 0 Å². The van der Waals surface area contributed by atoms with Crippen LogP contribution in [0.25, 0.3) is 0 Å². The molecule has 2 heterocycles. The van der Waals surface area contributed by atoms with Gasteiger partial charge < -0.3 is 10.6 Å². The summed E-state index contributed by atoms with van der Waals surface area (Å²) in [5.41, 5.74) is 6.45. The van der Waals surface area contributed by atoms with Gasteiger partial charge in [0.25, 0.3) is 0 Å². The molecule has 3 nitrogen and oxygen atoms in total. The summed E-state index contributed by atoms with van der Waals surface area (Å²) in [4.78, 5) is 6.37. The monoisotopic (exact) mass is 237 g/mol. The molecular formula is C13H20FN3. The first kappa shape index (κ1) is 12.5. The SMILES string of the molecule is CN1CCC(CC(N)c2ncccc2F)CC1. The molecule has 1 unspecified atom stereocenters. The van der Waals surface area contributed by atoms with E-state index >= 15 is 0 Å². The minimum absolute atomic E-state index is 0.274. The van der Waals surface area contributed by atoms with Gasteiger partial charge in [-0.2, -0.15) is 0 Å². The van der Waals surface area contributed by atoms with E-state index in [0.29, 0.717) is 11.6 Å². The molecule has 0 aromatic carbocycles. The zero-order valence-electron chi connectivity index (χ0n) is 10.3. The summed E-state index contributed by atoms with van der Waals surface area (Å²) >= 11 is 0.